The molecule has 2 heterocycles. The SMILES string of the molecule is CS(=O)(=O)Nc1ccc(C2OCC(=O)N(C3CCOCC3)C2CO)cc1. The van der Waals surface area contributed by atoms with Crippen LogP contribution in [0.2, 0.25) is 0 Å². The molecule has 2 N–H and O–H groups in total. The summed E-state index contributed by atoms with van der Waals surface area (Å²) in [4.78, 5) is 14.2. The van der Waals surface area contributed by atoms with Gasteiger partial charge < -0.3 is 19.5 Å². The normalized spacial score (nSPS) is 25.3. The van der Waals surface area contributed by atoms with E-state index in [1.807, 2.05) is 0 Å². The van der Waals surface area contributed by atoms with Crippen LogP contribution in [0.5, 0.6) is 0 Å². The fraction of sp³-hybridized carbons (Fsp3) is 0.588. The monoisotopic (exact) mass is 384 g/mol. The topological polar surface area (TPSA) is 105 Å². The third-order valence-electron chi connectivity index (χ3n) is 4.69. The molecule has 0 radical (unpaired) electrons. The summed E-state index contributed by atoms with van der Waals surface area (Å²) < 4.78 is 36.1. The van der Waals surface area contributed by atoms with Crippen LogP contribution in [0.4, 0.5) is 5.69 Å². The van der Waals surface area contributed by atoms with Gasteiger partial charge in [-0.1, -0.05) is 12.1 Å². The van der Waals surface area contributed by atoms with Crippen molar-refractivity contribution < 1.29 is 27.8 Å². The first-order valence-electron chi connectivity index (χ1n) is 8.58. The smallest absolute Gasteiger partial charge is 0.249 e. The largest absolute Gasteiger partial charge is 0.394 e. The molecule has 2 fully saturated rings. The van der Waals surface area contributed by atoms with E-state index in [-0.39, 0.29) is 25.2 Å². The Hall–Kier alpha value is -1.68. The minimum atomic E-state index is -3.35. The van der Waals surface area contributed by atoms with E-state index in [2.05, 4.69) is 4.72 Å². The number of nitrogens with zero attached hydrogens (tertiary/aromatic N) is 1. The number of nitrogens with one attached hydrogen (secondary N) is 1. The number of rotatable bonds is 5. The molecule has 26 heavy (non-hydrogen) atoms. The van der Waals surface area contributed by atoms with Crippen molar-refractivity contribution in [3.63, 3.8) is 0 Å². The summed E-state index contributed by atoms with van der Waals surface area (Å²) in [5.74, 6) is -0.123. The molecule has 2 aliphatic rings. The van der Waals surface area contributed by atoms with Gasteiger partial charge in [0.1, 0.15) is 12.7 Å². The average molecular weight is 384 g/mol. The molecule has 2 aliphatic heterocycles. The van der Waals surface area contributed by atoms with Gasteiger partial charge in [-0.05, 0) is 30.5 Å². The van der Waals surface area contributed by atoms with Gasteiger partial charge in [-0.2, -0.15) is 0 Å². The number of benzene rings is 1. The van der Waals surface area contributed by atoms with Crippen LogP contribution in [0.3, 0.4) is 0 Å². The fourth-order valence-electron chi connectivity index (χ4n) is 3.57. The van der Waals surface area contributed by atoms with E-state index >= 15 is 0 Å². The van der Waals surface area contributed by atoms with E-state index in [0.717, 1.165) is 24.7 Å². The third-order valence-corrected chi connectivity index (χ3v) is 5.30. The Labute approximate surface area is 153 Å². The van der Waals surface area contributed by atoms with Crippen molar-refractivity contribution in [2.75, 3.05) is 37.4 Å². The molecular formula is C17H24N2O6S. The van der Waals surface area contributed by atoms with Gasteiger partial charge in [0.05, 0.1) is 18.9 Å². The van der Waals surface area contributed by atoms with Crippen molar-refractivity contribution in [2.24, 2.45) is 0 Å². The van der Waals surface area contributed by atoms with E-state index in [1.54, 1.807) is 29.2 Å². The van der Waals surface area contributed by atoms with E-state index < -0.39 is 22.2 Å². The maximum atomic E-state index is 12.4. The van der Waals surface area contributed by atoms with Crippen LogP contribution < -0.4 is 4.72 Å². The Morgan fingerprint density at radius 2 is 1.88 bits per heavy atom. The summed E-state index contributed by atoms with van der Waals surface area (Å²) in [5.41, 5.74) is 1.23. The second kappa shape index (κ2) is 7.91. The Balaban J connectivity index is 1.80. The standard InChI is InChI=1S/C17H24N2O6S/c1-26(22,23)18-13-4-2-12(3-5-13)17-15(10-20)19(16(21)11-25-17)14-6-8-24-9-7-14/h2-5,14-15,17-18,20H,6-11H2,1H3. The number of ether oxygens (including phenoxy) is 2. The average Bonchev–Trinajstić information content (AvgIpc) is 2.61. The van der Waals surface area contributed by atoms with Gasteiger partial charge in [-0.15, -0.1) is 0 Å². The van der Waals surface area contributed by atoms with E-state index in [9.17, 15) is 18.3 Å². The number of aliphatic hydroxyl groups excluding tert-OH is 1. The first-order chi connectivity index (χ1) is 12.4. The van der Waals surface area contributed by atoms with Crippen LogP contribution in [-0.2, 0) is 24.3 Å². The summed E-state index contributed by atoms with van der Waals surface area (Å²) in [7, 11) is -3.35. The van der Waals surface area contributed by atoms with Crippen molar-refractivity contribution in [3.05, 3.63) is 29.8 Å². The molecule has 2 atom stereocenters. The molecule has 0 aromatic heterocycles. The van der Waals surface area contributed by atoms with E-state index in [4.69, 9.17) is 9.47 Å². The van der Waals surface area contributed by atoms with Crippen LogP contribution in [0.25, 0.3) is 0 Å². The summed E-state index contributed by atoms with van der Waals surface area (Å²) in [5, 5.41) is 9.95. The maximum absolute atomic E-state index is 12.4. The van der Waals surface area contributed by atoms with Crippen LogP contribution in [0.15, 0.2) is 24.3 Å². The van der Waals surface area contributed by atoms with Crippen molar-refractivity contribution in [1.82, 2.24) is 4.90 Å². The van der Waals surface area contributed by atoms with E-state index in [0.29, 0.717) is 18.9 Å². The highest BCUT2D eigenvalue weighted by Gasteiger charge is 2.41. The van der Waals surface area contributed by atoms with Gasteiger partial charge in [0, 0.05) is 24.9 Å². The molecule has 9 heteroatoms. The first-order valence-corrected chi connectivity index (χ1v) is 10.5. The highest BCUT2D eigenvalue weighted by molar-refractivity contribution is 7.92. The van der Waals surface area contributed by atoms with E-state index in [1.165, 1.54) is 0 Å². The Morgan fingerprint density at radius 1 is 1.23 bits per heavy atom. The highest BCUT2D eigenvalue weighted by Crippen LogP contribution is 2.33. The molecule has 0 spiro atoms. The number of carbonyl (C=O) groups is 1. The second-order valence-electron chi connectivity index (χ2n) is 6.62. The second-order valence-corrected chi connectivity index (χ2v) is 8.37. The number of anilines is 1. The predicted octanol–water partition coefficient (Wildman–Crippen LogP) is 0.498. The van der Waals surface area contributed by atoms with Crippen molar-refractivity contribution in [1.29, 1.82) is 0 Å². The number of hydrogen-bond donors (Lipinski definition) is 2. The molecule has 1 amide bonds. The minimum Gasteiger partial charge on any atom is -0.394 e. The Kier molecular flexibility index (Phi) is 5.81. The molecule has 2 unspecified atom stereocenters. The number of hydrogen-bond acceptors (Lipinski definition) is 6. The van der Waals surface area contributed by atoms with Gasteiger partial charge >= 0.3 is 0 Å². The number of amides is 1. The quantitative estimate of drug-likeness (QED) is 0.766. The molecule has 3 rings (SSSR count). The van der Waals surface area contributed by atoms with Crippen LogP contribution >= 0.6 is 0 Å². The van der Waals surface area contributed by atoms with Crippen molar-refractivity contribution in [3.8, 4) is 0 Å². The zero-order valence-corrected chi connectivity index (χ0v) is 15.4. The lowest BCUT2D eigenvalue weighted by atomic mass is 9.95. The number of morpholine rings is 1. The molecule has 0 aliphatic carbocycles. The minimum absolute atomic E-state index is 0.0333. The van der Waals surface area contributed by atoms with Gasteiger partial charge in [-0.25, -0.2) is 8.42 Å². The molecule has 1 aromatic rings. The summed E-state index contributed by atoms with van der Waals surface area (Å²) >= 11 is 0. The van der Waals surface area contributed by atoms with Crippen molar-refractivity contribution in [2.45, 2.75) is 31.0 Å². The van der Waals surface area contributed by atoms with Gasteiger partial charge in [0.2, 0.25) is 15.9 Å². The number of aliphatic hydroxyl groups is 1. The zero-order valence-electron chi connectivity index (χ0n) is 14.6. The Morgan fingerprint density at radius 3 is 2.46 bits per heavy atom. The summed E-state index contributed by atoms with van der Waals surface area (Å²) in [6.07, 6.45) is 2.11. The molecule has 144 valence electrons. The van der Waals surface area contributed by atoms with Crippen LogP contribution in [-0.4, -0.2) is 69.1 Å². The summed E-state index contributed by atoms with van der Waals surface area (Å²) in [6, 6.07) is 6.34. The van der Waals surface area contributed by atoms with Crippen molar-refractivity contribution >= 4 is 21.6 Å². The maximum Gasteiger partial charge on any atom is 0.249 e. The lowest BCUT2D eigenvalue weighted by molar-refractivity contribution is -0.168. The number of sulfonamides is 1. The molecule has 1 aromatic carbocycles. The molecular weight excluding hydrogens is 360 g/mol. The zero-order chi connectivity index (χ0) is 18.7. The Bertz CT molecular complexity index is 730. The third kappa shape index (κ3) is 4.35. The molecule has 0 saturated carbocycles. The van der Waals surface area contributed by atoms with Crippen LogP contribution in [0, 0.1) is 0 Å². The first kappa shape index (κ1) is 19.1. The lowest BCUT2D eigenvalue weighted by Crippen LogP contribution is -2.57. The predicted molar refractivity (Wildman–Crippen MR) is 95.2 cm³/mol. The molecule has 2 saturated heterocycles. The van der Waals surface area contributed by atoms with Crippen LogP contribution in [0.1, 0.15) is 24.5 Å². The highest BCUT2D eigenvalue weighted by atomic mass is 32.2. The fourth-order valence-corrected chi connectivity index (χ4v) is 4.14. The summed E-state index contributed by atoms with van der Waals surface area (Å²) in [6.45, 7) is 0.951. The number of carbonyl (C=O) groups excluding carboxylic acids is 1. The molecule has 8 nitrogen and oxygen atoms in total. The molecule has 0 bridgehead atoms. The van der Waals surface area contributed by atoms with Gasteiger partial charge in [0.15, 0.2) is 0 Å². The van der Waals surface area contributed by atoms with Gasteiger partial charge in [-0.3, -0.25) is 9.52 Å². The lowest BCUT2D eigenvalue weighted by Gasteiger charge is -2.45. The van der Waals surface area contributed by atoms with Gasteiger partial charge in [0.25, 0.3) is 0 Å².